The molecule has 1 N–H and O–H groups in total. The summed E-state index contributed by atoms with van der Waals surface area (Å²) < 4.78 is 1.33. The number of aliphatic carboxylic acids is 1. The van der Waals surface area contributed by atoms with Crippen LogP contribution in [0, 0.1) is 0 Å². The molecule has 0 aromatic rings. The Morgan fingerprint density at radius 1 is 1.62 bits per heavy atom. The lowest BCUT2D eigenvalue weighted by Crippen LogP contribution is -2.58. The van der Waals surface area contributed by atoms with Crippen LogP contribution < -0.4 is 0 Å². The van der Waals surface area contributed by atoms with Crippen molar-refractivity contribution < 1.29 is 14.7 Å². The highest BCUT2D eigenvalue weighted by molar-refractivity contribution is 7.81. The predicted molar refractivity (Wildman–Crippen MR) is 56.9 cm³/mol. The van der Waals surface area contributed by atoms with E-state index in [1.807, 2.05) is 0 Å². The lowest BCUT2D eigenvalue weighted by molar-refractivity contribution is -0.151. The average Bonchev–Trinajstić information content (AvgIpc) is 2.00. The van der Waals surface area contributed by atoms with Crippen molar-refractivity contribution in [2.24, 2.45) is 0 Å². The Balaban J connectivity index is 5.01. The summed E-state index contributed by atoms with van der Waals surface area (Å²) in [5, 5.41) is 8.60. The molecule has 0 aliphatic heterocycles. The maximum Gasteiger partial charge on any atom is 0.329 e. The fourth-order valence-corrected chi connectivity index (χ4v) is 2.01. The molecule has 0 aliphatic rings. The molecule has 1 amide bonds. The Labute approximate surface area is 86.2 Å². The normalized spacial score (nSPS) is 17.5. The predicted octanol–water partition coefficient (Wildman–Crippen LogP) is -0.723. The third-order valence-corrected chi connectivity index (χ3v) is 4.48. The average molecular weight is 221 g/mol. The number of carboxylic acids is 1. The van der Waals surface area contributed by atoms with Gasteiger partial charge in [0, 0.05) is 12.2 Å². The van der Waals surface area contributed by atoms with Crippen LogP contribution in [0.5, 0.6) is 0 Å². The second kappa shape index (κ2) is 4.14. The molecule has 0 bridgehead atoms. The molecule has 2 unspecified atom stereocenters. The van der Waals surface area contributed by atoms with Crippen LogP contribution >= 0.6 is 12.6 Å². The highest BCUT2D eigenvalue weighted by atomic mass is 32.1. The summed E-state index contributed by atoms with van der Waals surface area (Å²) in [7, 11) is 0.381. The second-order valence-corrected chi connectivity index (χ2v) is 4.88. The van der Waals surface area contributed by atoms with E-state index in [2.05, 4.69) is 12.6 Å². The quantitative estimate of drug-likeness (QED) is 0.488. The number of amides is 1. The third-order valence-electron chi connectivity index (χ3n) is 2.42. The SMILES string of the molecule is CC(=O)N([SiH3])C(C)(C(=O)O)C(C)S. The minimum atomic E-state index is -1.19. The van der Waals surface area contributed by atoms with E-state index in [1.165, 1.54) is 18.4 Å². The van der Waals surface area contributed by atoms with E-state index in [1.54, 1.807) is 6.92 Å². The number of hydrogen-bond acceptors (Lipinski definition) is 3. The van der Waals surface area contributed by atoms with Gasteiger partial charge in [0.05, 0.1) is 0 Å². The van der Waals surface area contributed by atoms with Gasteiger partial charge in [0.1, 0.15) is 15.9 Å². The van der Waals surface area contributed by atoms with Gasteiger partial charge in [-0.1, -0.05) is 6.92 Å². The number of thiol groups is 1. The van der Waals surface area contributed by atoms with E-state index in [0.29, 0.717) is 10.4 Å². The van der Waals surface area contributed by atoms with Crippen molar-refractivity contribution in [2.45, 2.75) is 31.6 Å². The lowest BCUT2D eigenvalue weighted by atomic mass is 9.98. The molecule has 76 valence electrons. The third kappa shape index (κ3) is 2.25. The number of carbonyl (C=O) groups excluding carboxylic acids is 1. The van der Waals surface area contributed by atoms with Crippen molar-refractivity contribution in [1.82, 2.24) is 4.57 Å². The topological polar surface area (TPSA) is 57.6 Å². The molecule has 0 rings (SSSR count). The van der Waals surface area contributed by atoms with Gasteiger partial charge in [0.2, 0.25) is 5.91 Å². The van der Waals surface area contributed by atoms with E-state index in [-0.39, 0.29) is 5.91 Å². The van der Waals surface area contributed by atoms with Crippen LogP contribution in [0.15, 0.2) is 0 Å². The van der Waals surface area contributed by atoms with Gasteiger partial charge in [-0.15, -0.1) is 0 Å². The minimum absolute atomic E-state index is 0.225. The van der Waals surface area contributed by atoms with E-state index in [0.717, 1.165) is 0 Å². The molecule has 0 aromatic heterocycles. The van der Waals surface area contributed by atoms with Crippen LogP contribution in [0.25, 0.3) is 0 Å². The van der Waals surface area contributed by atoms with Gasteiger partial charge in [-0.25, -0.2) is 4.79 Å². The van der Waals surface area contributed by atoms with Crippen LogP contribution in [0.1, 0.15) is 20.8 Å². The molecule has 0 saturated carbocycles. The molecule has 0 aromatic carbocycles. The summed E-state index contributed by atoms with van der Waals surface area (Å²) >= 11 is 4.10. The van der Waals surface area contributed by atoms with Crippen molar-refractivity contribution in [3.05, 3.63) is 0 Å². The Morgan fingerprint density at radius 3 is 2.08 bits per heavy atom. The second-order valence-electron chi connectivity index (χ2n) is 3.21. The number of nitrogens with zero attached hydrogens (tertiary/aromatic N) is 1. The Morgan fingerprint density at radius 2 is 2.00 bits per heavy atom. The van der Waals surface area contributed by atoms with E-state index in [4.69, 9.17) is 5.11 Å². The molecule has 0 radical (unpaired) electrons. The number of carboxylic acid groups (broad SMARTS) is 1. The molecule has 6 heteroatoms. The minimum Gasteiger partial charge on any atom is -0.479 e. The first-order chi connectivity index (χ1) is 5.74. The van der Waals surface area contributed by atoms with Gasteiger partial charge < -0.3 is 9.67 Å². The van der Waals surface area contributed by atoms with E-state index in [9.17, 15) is 9.59 Å². The number of hydrogen-bond donors (Lipinski definition) is 2. The van der Waals surface area contributed by atoms with Gasteiger partial charge in [-0.3, -0.25) is 4.79 Å². The zero-order valence-electron chi connectivity index (χ0n) is 8.24. The van der Waals surface area contributed by atoms with Crippen LogP contribution in [0.2, 0.25) is 0 Å². The first-order valence-electron chi connectivity index (χ1n) is 3.90. The molecule has 0 aliphatic carbocycles. The number of rotatable bonds is 3. The monoisotopic (exact) mass is 221 g/mol. The first-order valence-corrected chi connectivity index (χ1v) is 5.31. The van der Waals surface area contributed by atoms with Gasteiger partial charge >= 0.3 is 5.97 Å². The molecule has 0 heterocycles. The van der Waals surface area contributed by atoms with Gasteiger partial charge in [0.25, 0.3) is 0 Å². The maximum atomic E-state index is 11.1. The Bertz CT molecular complexity index is 234. The largest absolute Gasteiger partial charge is 0.479 e. The fourth-order valence-electron chi connectivity index (χ4n) is 0.929. The van der Waals surface area contributed by atoms with Crippen molar-refractivity contribution in [2.75, 3.05) is 0 Å². The molecule has 2 atom stereocenters. The maximum absolute atomic E-state index is 11.1. The fraction of sp³-hybridized carbons (Fsp3) is 0.714. The van der Waals surface area contributed by atoms with Crippen LogP contribution in [0.4, 0.5) is 0 Å². The van der Waals surface area contributed by atoms with Gasteiger partial charge in [0.15, 0.2) is 0 Å². The summed E-state index contributed by atoms with van der Waals surface area (Å²) in [6, 6.07) is 0. The van der Waals surface area contributed by atoms with E-state index < -0.39 is 16.8 Å². The smallest absolute Gasteiger partial charge is 0.329 e. The highest BCUT2D eigenvalue weighted by Gasteiger charge is 2.42. The van der Waals surface area contributed by atoms with E-state index >= 15 is 0 Å². The first kappa shape index (κ1) is 12.5. The molecule has 0 spiro atoms. The molecule has 0 saturated heterocycles. The molecular weight excluding hydrogens is 206 g/mol. The van der Waals surface area contributed by atoms with Crippen LogP contribution in [-0.2, 0) is 9.59 Å². The Hall–Kier alpha value is -0.493. The zero-order chi connectivity index (χ0) is 10.8. The summed E-state index contributed by atoms with van der Waals surface area (Å²) in [6.45, 7) is 4.55. The van der Waals surface area contributed by atoms with Gasteiger partial charge in [-0.2, -0.15) is 12.6 Å². The van der Waals surface area contributed by atoms with Crippen molar-refractivity contribution in [3.63, 3.8) is 0 Å². The number of carbonyl (C=O) groups is 2. The summed E-state index contributed by atoms with van der Waals surface area (Å²) in [6.07, 6.45) is 0. The van der Waals surface area contributed by atoms with Crippen LogP contribution in [-0.4, -0.2) is 42.7 Å². The van der Waals surface area contributed by atoms with Gasteiger partial charge in [-0.05, 0) is 6.92 Å². The summed E-state index contributed by atoms with van der Waals surface area (Å²) in [5.41, 5.74) is -1.19. The molecule has 0 fully saturated rings. The molecule has 4 nitrogen and oxygen atoms in total. The lowest BCUT2D eigenvalue weighted by Gasteiger charge is -2.37. The molecule has 13 heavy (non-hydrogen) atoms. The summed E-state index contributed by atoms with van der Waals surface area (Å²) in [4.78, 5) is 22.1. The van der Waals surface area contributed by atoms with Crippen molar-refractivity contribution in [1.29, 1.82) is 0 Å². The van der Waals surface area contributed by atoms with Crippen molar-refractivity contribution >= 4 is 34.9 Å². The molecular formula is C7H15NO3SSi. The standard InChI is InChI=1S/C7H15NO3SSi/c1-4(12)7(3,6(10)11)8(13)5(2)9/h4,12H,1-3,13H3,(H,10,11). The Kier molecular flexibility index (Phi) is 3.99. The van der Waals surface area contributed by atoms with Crippen LogP contribution in [0.3, 0.4) is 0 Å². The van der Waals surface area contributed by atoms with Crippen molar-refractivity contribution in [3.8, 4) is 0 Å². The highest BCUT2D eigenvalue weighted by Crippen LogP contribution is 2.22. The zero-order valence-corrected chi connectivity index (χ0v) is 11.1. The summed E-state index contributed by atoms with van der Waals surface area (Å²) in [5.74, 6) is -1.24.